The van der Waals surface area contributed by atoms with Gasteiger partial charge in [0.2, 0.25) is 0 Å². The number of hydrogen-bond donors (Lipinski definition) is 0. The summed E-state index contributed by atoms with van der Waals surface area (Å²) in [6.07, 6.45) is 0. The van der Waals surface area contributed by atoms with E-state index < -0.39 is 15.1 Å². The zero-order valence-electron chi connectivity index (χ0n) is 7.49. The lowest BCUT2D eigenvalue weighted by molar-refractivity contribution is 0.587. The Morgan fingerprint density at radius 1 is 1.15 bits per heavy atom. The lowest BCUT2D eigenvalue weighted by atomic mass is 10.4. The van der Waals surface area contributed by atoms with Crippen LogP contribution in [0.5, 0.6) is 0 Å². The number of hydrogen-bond acceptors (Lipinski definition) is 2. The van der Waals surface area contributed by atoms with Gasteiger partial charge in [0.05, 0.1) is 10.1 Å². The molecular formula is C9H11ClO2S. The van der Waals surface area contributed by atoms with Crippen molar-refractivity contribution >= 4 is 21.4 Å². The second-order valence-electron chi connectivity index (χ2n) is 3.05. The summed E-state index contributed by atoms with van der Waals surface area (Å²) in [5, 5.41) is 0.149. The molecule has 0 aliphatic rings. The molecule has 0 aliphatic carbocycles. The molecule has 13 heavy (non-hydrogen) atoms. The van der Waals surface area contributed by atoms with E-state index in [4.69, 9.17) is 11.6 Å². The Kier molecular flexibility index (Phi) is 2.98. The Morgan fingerprint density at radius 3 is 2.00 bits per heavy atom. The van der Waals surface area contributed by atoms with Gasteiger partial charge in [0.25, 0.3) is 0 Å². The Morgan fingerprint density at radius 2 is 1.62 bits per heavy atom. The fourth-order valence-corrected chi connectivity index (χ4v) is 2.08. The number of sulfone groups is 1. The molecule has 4 heteroatoms. The third-order valence-corrected chi connectivity index (χ3v) is 4.19. The van der Waals surface area contributed by atoms with Crippen LogP contribution in [0.4, 0.5) is 0 Å². The minimum Gasteiger partial charge on any atom is -0.223 e. The number of halogens is 1. The second kappa shape index (κ2) is 3.68. The third-order valence-electron chi connectivity index (χ3n) is 1.76. The van der Waals surface area contributed by atoms with Gasteiger partial charge in [-0.1, -0.05) is 11.6 Å². The van der Waals surface area contributed by atoms with Crippen LogP contribution in [0.3, 0.4) is 0 Å². The van der Waals surface area contributed by atoms with Gasteiger partial charge in [0.15, 0.2) is 9.84 Å². The normalized spacial score (nSPS) is 12.0. The van der Waals surface area contributed by atoms with E-state index in [-0.39, 0.29) is 0 Å². The van der Waals surface area contributed by atoms with Crippen molar-refractivity contribution in [3.8, 4) is 0 Å². The van der Waals surface area contributed by atoms with Gasteiger partial charge in [-0.25, -0.2) is 8.42 Å². The monoisotopic (exact) mass is 218 g/mol. The highest BCUT2D eigenvalue weighted by molar-refractivity contribution is 7.92. The Balaban J connectivity index is 3.17. The summed E-state index contributed by atoms with van der Waals surface area (Å²) in [5.74, 6) is 0. The van der Waals surface area contributed by atoms with E-state index in [2.05, 4.69) is 0 Å². The first-order chi connectivity index (χ1) is 5.94. The minimum absolute atomic E-state index is 0.326. The lowest BCUT2D eigenvalue weighted by Gasteiger charge is -2.06. The fraction of sp³-hybridized carbons (Fsp3) is 0.333. The van der Waals surface area contributed by atoms with E-state index in [0.717, 1.165) is 0 Å². The van der Waals surface area contributed by atoms with Crippen molar-refractivity contribution in [1.82, 2.24) is 0 Å². The first kappa shape index (κ1) is 10.5. The van der Waals surface area contributed by atoms with E-state index in [1.807, 2.05) is 0 Å². The Labute approximate surface area is 83.5 Å². The van der Waals surface area contributed by atoms with Crippen molar-refractivity contribution in [3.63, 3.8) is 0 Å². The molecule has 0 radical (unpaired) electrons. The van der Waals surface area contributed by atoms with E-state index in [9.17, 15) is 8.42 Å². The fourth-order valence-electron chi connectivity index (χ4n) is 0.896. The van der Waals surface area contributed by atoms with Gasteiger partial charge in [-0.2, -0.15) is 0 Å². The zero-order chi connectivity index (χ0) is 10.1. The Bertz CT molecular complexity index is 379. The molecule has 0 heterocycles. The predicted molar refractivity (Wildman–Crippen MR) is 53.8 cm³/mol. The molecule has 0 amide bonds. The smallest absolute Gasteiger partial charge is 0.180 e. The van der Waals surface area contributed by atoms with Gasteiger partial charge < -0.3 is 0 Å². The number of rotatable bonds is 2. The highest BCUT2D eigenvalue weighted by atomic mass is 35.5. The predicted octanol–water partition coefficient (Wildman–Crippen LogP) is 2.52. The molecule has 0 aliphatic heterocycles. The molecule has 0 bridgehead atoms. The zero-order valence-corrected chi connectivity index (χ0v) is 9.06. The SMILES string of the molecule is CC(C)S(=O)(=O)c1ccc(Cl)cc1. The molecule has 0 fully saturated rings. The Hall–Kier alpha value is -0.540. The highest BCUT2D eigenvalue weighted by Crippen LogP contribution is 2.18. The van der Waals surface area contributed by atoms with E-state index in [1.165, 1.54) is 12.1 Å². The molecule has 1 aromatic carbocycles. The summed E-state index contributed by atoms with van der Waals surface area (Å²) in [4.78, 5) is 0.326. The molecule has 0 aromatic heterocycles. The second-order valence-corrected chi connectivity index (χ2v) is 5.99. The van der Waals surface area contributed by atoms with Crippen molar-refractivity contribution in [2.45, 2.75) is 24.0 Å². The molecule has 0 atom stereocenters. The molecule has 1 rings (SSSR count). The first-order valence-electron chi connectivity index (χ1n) is 3.94. The van der Waals surface area contributed by atoms with Crippen molar-refractivity contribution in [3.05, 3.63) is 29.3 Å². The third kappa shape index (κ3) is 2.23. The molecule has 2 nitrogen and oxygen atoms in total. The minimum atomic E-state index is -3.15. The maximum atomic E-state index is 11.6. The van der Waals surface area contributed by atoms with Crippen molar-refractivity contribution < 1.29 is 8.42 Å². The van der Waals surface area contributed by atoms with Gasteiger partial charge in [-0.15, -0.1) is 0 Å². The summed E-state index contributed by atoms with van der Waals surface area (Å²) < 4.78 is 23.2. The molecule has 0 saturated carbocycles. The molecular weight excluding hydrogens is 208 g/mol. The average Bonchev–Trinajstić information content (AvgIpc) is 2.04. The first-order valence-corrected chi connectivity index (χ1v) is 5.86. The van der Waals surface area contributed by atoms with Gasteiger partial charge in [-0.05, 0) is 38.1 Å². The van der Waals surface area contributed by atoms with Gasteiger partial charge in [0.1, 0.15) is 0 Å². The van der Waals surface area contributed by atoms with Crippen LogP contribution >= 0.6 is 11.6 Å². The standard InChI is InChI=1S/C9H11ClO2S/c1-7(2)13(11,12)9-5-3-8(10)4-6-9/h3-7H,1-2H3. The quantitative estimate of drug-likeness (QED) is 0.765. The van der Waals surface area contributed by atoms with Crippen molar-refractivity contribution in [2.75, 3.05) is 0 Å². The molecule has 0 N–H and O–H groups in total. The van der Waals surface area contributed by atoms with E-state index in [1.54, 1.807) is 26.0 Å². The van der Waals surface area contributed by atoms with Crippen LogP contribution in [0.25, 0.3) is 0 Å². The lowest BCUT2D eigenvalue weighted by Crippen LogP contribution is -2.13. The maximum Gasteiger partial charge on any atom is 0.180 e. The van der Waals surface area contributed by atoms with Crippen LogP contribution in [-0.2, 0) is 9.84 Å². The largest absolute Gasteiger partial charge is 0.223 e. The van der Waals surface area contributed by atoms with E-state index in [0.29, 0.717) is 9.92 Å². The molecule has 72 valence electrons. The molecule has 0 saturated heterocycles. The summed E-state index contributed by atoms with van der Waals surface area (Å²) in [7, 11) is -3.15. The van der Waals surface area contributed by atoms with Gasteiger partial charge in [0, 0.05) is 5.02 Å². The summed E-state index contributed by atoms with van der Waals surface area (Å²) in [6.45, 7) is 3.31. The van der Waals surface area contributed by atoms with E-state index >= 15 is 0 Å². The summed E-state index contributed by atoms with van der Waals surface area (Å²) in [5.41, 5.74) is 0. The highest BCUT2D eigenvalue weighted by Gasteiger charge is 2.18. The van der Waals surface area contributed by atoms with Crippen LogP contribution in [-0.4, -0.2) is 13.7 Å². The molecule has 0 spiro atoms. The molecule has 0 unspecified atom stereocenters. The number of benzene rings is 1. The van der Waals surface area contributed by atoms with Crippen LogP contribution in [0, 0.1) is 0 Å². The topological polar surface area (TPSA) is 34.1 Å². The van der Waals surface area contributed by atoms with Crippen LogP contribution in [0.15, 0.2) is 29.2 Å². The summed E-state index contributed by atoms with van der Waals surface area (Å²) in [6, 6.07) is 6.21. The molecule has 1 aromatic rings. The average molecular weight is 219 g/mol. The van der Waals surface area contributed by atoms with Crippen molar-refractivity contribution in [2.24, 2.45) is 0 Å². The maximum absolute atomic E-state index is 11.6. The van der Waals surface area contributed by atoms with Gasteiger partial charge in [-0.3, -0.25) is 0 Å². The van der Waals surface area contributed by atoms with Crippen LogP contribution in [0.2, 0.25) is 5.02 Å². The van der Waals surface area contributed by atoms with Gasteiger partial charge >= 0.3 is 0 Å². The van der Waals surface area contributed by atoms with Crippen LogP contribution < -0.4 is 0 Å². The van der Waals surface area contributed by atoms with Crippen LogP contribution in [0.1, 0.15) is 13.8 Å². The van der Waals surface area contributed by atoms with Crippen molar-refractivity contribution in [1.29, 1.82) is 0 Å². The summed E-state index contributed by atoms with van der Waals surface area (Å²) >= 11 is 5.65.